The zero-order valence-electron chi connectivity index (χ0n) is 15.5. The number of rotatable bonds is 6. The number of amides is 3. The van der Waals surface area contributed by atoms with Crippen LogP contribution in [-0.2, 0) is 11.3 Å². The van der Waals surface area contributed by atoms with E-state index in [1.54, 1.807) is 13.0 Å². The summed E-state index contributed by atoms with van der Waals surface area (Å²) >= 11 is 1.19. The highest BCUT2D eigenvalue weighted by Crippen LogP contribution is 2.36. The molecule has 1 aromatic heterocycles. The molecule has 148 valence electrons. The lowest BCUT2D eigenvalue weighted by atomic mass is 10.2. The van der Waals surface area contributed by atoms with E-state index in [2.05, 4.69) is 27.4 Å². The van der Waals surface area contributed by atoms with Gasteiger partial charge in [0.25, 0.3) is 0 Å². The molecule has 1 aliphatic heterocycles. The lowest BCUT2D eigenvalue weighted by molar-refractivity contribution is -0.119. The van der Waals surface area contributed by atoms with Gasteiger partial charge in [-0.1, -0.05) is 30.0 Å². The normalized spacial score (nSPS) is 16.1. The quantitative estimate of drug-likeness (QED) is 0.560. The topological polar surface area (TPSA) is 107 Å². The summed E-state index contributed by atoms with van der Waals surface area (Å²) in [7, 11) is 1.44. The van der Waals surface area contributed by atoms with E-state index in [9.17, 15) is 9.59 Å². The van der Waals surface area contributed by atoms with Crippen molar-refractivity contribution < 1.29 is 19.1 Å². The fourth-order valence-electron chi connectivity index (χ4n) is 2.56. The van der Waals surface area contributed by atoms with Gasteiger partial charge in [0.15, 0.2) is 28.6 Å². The van der Waals surface area contributed by atoms with Crippen LogP contribution < -0.4 is 20.1 Å². The summed E-state index contributed by atoms with van der Waals surface area (Å²) in [6, 6.07) is 6.86. The molecule has 1 aromatic carbocycles. The van der Waals surface area contributed by atoms with Crippen molar-refractivity contribution in [2.45, 2.75) is 30.0 Å². The molecule has 2 aromatic rings. The molecule has 10 heteroatoms. The van der Waals surface area contributed by atoms with Gasteiger partial charge in [-0.25, -0.2) is 4.79 Å². The summed E-state index contributed by atoms with van der Waals surface area (Å²) in [6.45, 7) is 6.20. The highest BCUT2D eigenvalue weighted by molar-refractivity contribution is 8.00. The molecule has 1 aliphatic rings. The molecule has 0 spiro atoms. The Morgan fingerprint density at radius 3 is 2.86 bits per heavy atom. The van der Waals surface area contributed by atoms with E-state index in [0.717, 1.165) is 0 Å². The predicted molar refractivity (Wildman–Crippen MR) is 103 cm³/mol. The van der Waals surface area contributed by atoms with Gasteiger partial charge in [0.05, 0.1) is 5.25 Å². The first kappa shape index (κ1) is 19.7. The minimum Gasteiger partial charge on any atom is -0.485 e. The maximum absolute atomic E-state index is 12.1. The fourth-order valence-corrected chi connectivity index (χ4v) is 3.43. The molecule has 0 bridgehead atoms. The minimum absolute atomic E-state index is 0.295. The van der Waals surface area contributed by atoms with E-state index >= 15 is 0 Å². The van der Waals surface area contributed by atoms with Crippen molar-refractivity contribution in [2.24, 2.45) is 0 Å². The lowest BCUT2D eigenvalue weighted by Gasteiger charge is -2.26. The number of aromatic nitrogens is 3. The lowest BCUT2D eigenvalue weighted by Crippen LogP contribution is -2.41. The average Bonchev–Trinajstić information content (AvgIpc) is 3.10. The summed E-state index contributed by atoms with van der Waals surface area (Å²) in [5.74, 6) is 1.48. The second kappa shape index (κ2) is 8.79. The number of benzene rings is 1. The predicted octanol–water partition coefficient (Wildman–Crippen LogP) is 1.91. The second-order valence-corrected chi connectivity index (χ2v) is 7.24. The number of carbonyl (C=O) groups is 2. The minimum atomic E-state index is -0.558. The molecule has 2 atom stereocenters. The van der Waals surface area contributed by atoms with Crippen LogP contribution in [0.25, 0.3) is 0 Å². The molecule has 9 nitrogen and oxygen atoms in total. The third kappa shape index (κ3) is 4.28. The van der Waals surface area contributed by atoms with Crippen molar-refractivity contribution in [3.8, 4) is 11.5 Å². The van der Waals surface area contributed by atoms with Crippen molar-refractivity contribution in [3.63, 3.8) is 0 Å². The van der Waals surface area contributed by atoms with E-state index < -0.39 is 23.3 Å². The van der Waals surface area contributed by atoms with Crippen LogP contribution in [0.15, 0.2) is 42.1 Å². The summed E-state index contributed by atoms with van der Waals surface area (Å²) in [4.78, 5) is 23.4. The third-order valence-corrected chi connectivity index (χ3v) is 5.05. The van der Waals surface area contributed by atoms with Crippen LogP contribution >= 0.6 is 11.8 Å². The monoisotopic (exact) mass is 403 g/mol. The van der Waals surface area contributed by atoms with E-state index in [4.69, 9.17) is 9.47 Å². The van der Waals surface area contributed by atoms with Crippen LogP contribution in [0.1, 0.15) is 18.9 Å². The number of allylic oxidation sites excluding steroid dienone is 1. The molecule has 28 heavy (non-hydrogen) atoms. The first-order chi connectivity index (χ1) is 13.5. The number of fused-ring (bicyclic) bond motifs is 1. The molecule has 0 unspecified atom stereocenters. The number of hydrogen-bond donors (Lipinski definition) is 2. The molecule has 0 aliphatic carbocycles. The van der Waals surface area contributed by atoms with E-state index in [1.165, 1.54) is 18.8 Å². The van der Waals surface area contributed by atoms with Crippen molar-refractivity contribution in [3.05, 3.63) is 42.7 Å². The first-order valence-electron chi connectivity index (χ1n) is 8.65. The van der Waals surface area contributed by atoms with Gasteiger partial charge in [0, 0.05) is 13.6 Å². The van der Waals surface area contributed by atoms with Gasteiger partial charge in [-0.3, -0.25) is 14.7 Å². The fraction of sp³-hybridized carbons (Fsp3) is 0.333. The van der Waals surface area contributed by atoms with E-state index in [0.29, 0.717) is 35.6 Å². The van der Waals surface area contributed by atoms with Crippen molar-refractivity contribution in [1.29, 1.82) is 0 Å². The Morgan fingerprint density at radius 2 is 2.14 bits per heavy atom. The van der Waals surface area contributed by atoms with Gasteiger partial charge in [0.1, 0.15) is 6.61 Å². The number of hydrogen-bond acceptors (Lipinski definition) is 7. The van der Waals surface area contributed by atoms with Gasteiger partial charge in [-0.05, 0) is 19.1 Å². The number of nitrogens with one attached hydrogen (secondary N) is 2. The zero-order chi connectivity index (χ0) is 20.1. The second-order valence-electron chi connectivity index (χ2n) is 5.93. The van der Waals surface area contributed by atoms with Gasteiger partial charge < -0.3 is 14.8 Å². The molecule has 0 saturated heterocycles. The molecule has 0 saturated carbocycles. The SMILES string of the molecule is C=CCn1c(S[C@@H](C)C(=O)NC(=O)NC)nnc1[C@H]1COc2ccccc2O1. The van der Waals surface area contributed by atoms with Crippen LogP contribution in [0.3, 0.4) is 0 Å². The van der Waals surface area contributed by atoms with Crippen molar-refractivity contribution in [1.82, 2.24) is 25.4 Å². The Labute approximate surface area is 166 Å². The molecule has 3 rings (SSSR count). The van der Waals surface area contributed by atoms with Crippen molar-refractivity contribution in [2.75, 3.05) is 13.7 Å². The standard InChI is InChI=1S/C18H21N5O4S/c1-4-9-23-15(14-10-26-12-7-5-6-8-13(12)27-14)21-22-18(23)28-11(2)16(24)20-17(25)19-3/h4-8,11,14H,1,9-10H2,2-3H3,(H2,19,20,24,25)/t11-,14+/m0/s1. The molecule has 0 radical (unpaired) electrons. The molecular formula is C18H21N5O4S. The maximum atomic E-state index is 12.1. The largest absolute Gasteiger partial charge is 0.485 e. The van der Waals surface area contributed by atoms with Gasteiger partial charge >= 0.3 is 6.03 Å². The maximum Gasteiger partial charge on any atom is 0.321 e. The first-order valence-corrected chi connectivity index (χ1v) is 9.53. The summed E-state index contributed by atoms with van der Waals surface area (Å²) in [6.07, 6.45) is 1.27. The molecular weight excluding hydrogens is 382 g/mol. The third-order valence-electron chi connectivity index (χ3n) is 3.97. The van der Waals surface area contributed by atoms with Crippen LogP contribution in [0.2, 0.25) is 0 Å². The Hall–Kier alpha value is -3.01. The van der Waals surface area contributed by atoms with E-state index in [1.807, 2.05) is 28.8 Å². The van der Waals surface area contributed by atoms with Crippen LogP contribution in [0.5, 0.6) is 11.5 Å². The zero-order valence-corrected chi connectivity index (χ0v) is 16.4. The highest BCUT2D eigenvalue weighted by Gasteiger charge is 2.29. The summed E-state index contributed by atoms with van der Waals surface area (Å²) in [5.41, 5.74) is 0. The number of thioether (sulfide) groups is 1. The highest BCUT2D eigenvalue weighted by atomic mass is 32.2. The molecule has 2 heterocycles. The Bertz CT molecular complexity index is 885. The smallest absolute Gasteiger partial charge is 0.321 e. The Kier molecular flexibility index (Phi) is 6.19. The average molecular weight is 403 g/mol. The molecule has 2 N–H and O–H groups in total. The van der Waals surface area contributed by atoms with Crippen molar-refractivity contribution >= 4 is 23.7 Å². The molecule has 0 fully saturated rings. The van der Waals surface area contributed by atoms with Crippen LogP contribution in [0, 0.1) is 0 Å². The van der Waals surface area contributed by atoms with Crippen LogP contribution in [-0.4, -0.2) is 45.6 Å². The number of carbonyl (C=O) groups excluding carboxylic acids is 2. The summed E-state index contributed by atoms with van der Waals surface area (Å²) in [5, 5.41) is 13.0. The Morgan fingerprint density at radius 1 is 1.39 bits per heavy atom. The number of ether oxygens (including phenoxy) is 2. The van der Waals surface area contributed by atoms with Gasteiger partial charge in [0.2, 0.25) is 5.91 Å². The summed E-state index contributed by atoms with van der Waals surface area (Å²) < 4.78 is 13.6. The number of urea groups is 1. The Balaban J connectivity index is 1.78. The van der Waals surface area contributed by atoms with Gasteiger partial charge in [-0.2, -0.15) is 0 Å². The van der Waals surface area contributed by atoms with Crippen LogP contribution in [0.4, 0.5) is 4.79 Å². The van der Waals surface area contributed by atoms with E-state index in [-0.39, 0.29) is 0 Å². The van der Waals surface area contributed by atoms with Gasteiger partial charge in [-0.15, -0.1) is 16.8 Å². The number of para-hydroxylation sites is 2. The molecule has 3 amide bonds. The number of nitrogens with zero attached hydrogens (tertiary/aromatic N) is 3. The number of imide groups is 1.